The van der Waals surface area contributed by atoms with Gasteiger partial charge in [0.15, 0.2) is 6.04 Å². The van der Waals surface area contributed by atoms with Gasteiger partial charge in [-0.15, -0.1) is 0 Å². The third-order valence-corrected chi connectivity index (χ3v) is 2.01. The fraction of sp³-hybridized carbons (Fsp3) is 0.800. The Hall–Kier alpha value is -1.10. The third-order valence-electron chi connectivity index (χ3n) is 2.01. The first-order valence-corrected chi connectivity index (χ1v) is 5.04. The van der Waals surface area contributed by atoms with E-state index in [1.165, 1.54) is 6.92 Å². The normalized spacial score (nSPS) is 14.7. The molecular formula is C10H19NO4. The van der Waals surface area contributed by atoms with Crippen LogP contribution in [0.4, 0.5) is 0 Å². The molecule has 0 aliphatic carbocycles. The predicted molar refractivity (Wildman–Crippen MR) is 55.3 cm³/mol. The van der Waals surface area contributed by atoms with Crippen LogP contribution in [0.1, 0.15) is 33.6 Å². The Morgan fingerprint density at radius 3 is 2.13 bits per heavy atom. The number of hydrogen-bond acceptors (Lipinski definition) is 3. The van der Waals surface area contributed by atoms with Crippen molar-refractivity contribution in [3.63, 3.8) is 0 Å². The van der Waals surface area contributed by atoms with Crippen molar-refractivity contribution in [2.75, 3.05) is 0 Å². The third kappa shape index (κ3) is 6.06. The Balaban J connectivity index is 4.07. The van der Waals surface area contributed by atoms with Crippen LogP contribution in [0.3, 0.4) is 0 Å². The molecule has 5 heteroatoms. The van der Waals surface area contributed by atoms with Crippen LogP contribution in [0, 0.1) is 5.92 Å². The van der Waals surface area contributed by atoms with Crippen LogP contribution >= 0.6 is 0 Å². The molecule has 0 fully saturated rings. The Morgan fingerprint density at radius 2 is 1.80 bits per heavy atom. The van der Waals surface area contributed by atoms with Gasteiger partial charge in [-0.1, -0.05) is 13.8 Å². The molecule has 0 unspecified atom stereocenters. The van der Waals surface area contributed by atoms with Gasteiger partial charge < -0.3 is 15.5 Å². The lowest BCUT2D eigenvalue weighted by molar-refractivity contribution is -0.144. The molecule has 0 aromatic rings. The van der Waals surface area contributed by atoms with E-state index in [-0.39, 0.29) is 12.3 Å². The van der Waals surface area contributed by atoms with Crippen LogP contribution in [0.2, 0.25) is 0 Å². The summed E-state index contributed by atoms with van der Waals surface area (Å²) in [4.78, 5) is 21.9. The second-order valence-corrected chi connectivity index (χ2v) is 4.06. The molecular weight excluding hydrogens is 198 g/mol. The molecule has 5 nitrogen and oxygen atoms in total. The standard InChI is InChI=1S/C10H19NO4/c1-6(2)4-5-8(13)11-9(7(3)12)10(14)15/h6-7,9,12H,4-5H2,1-3H3,(H,11,13)(H,14,15)/t7-,9+/m1/s1. The monoisotopic (exact) mass is 217 g/mol. The van der Waals surface area contributed by atoms with Crippen LogP contribution in [0.15, 0.2) is 0 Å². The molecule has 3 N–H and O–H groups in total. The smallest absolute Gasteiger partial charge is 0.328 e. The fourth-order valence-corrected chi connectivity index (χ4v) is 1.05. The van der Waals surface area contributed by atoms with E-state index in [1.807, 2.05) is 13.8 Å². The van der Waals surface area contributed by atoms with Gasteiger partial charge in [-0.3, -0.25) is 4.79 Å². The lowest BCUT2D eigenvalue weighted by Crippen LogP contribution is -2.47. The van der Waals surface area contributed by atoms with E-state index >= 15 is 0 Å². The van der Waals surface area contributed by atoms with Crippen molar-refractivity contribution < 1.29 is 19.8 Å². The van der Waals surface area contributed by atoms with Crippen molar-refractivity contribution in [1.82, 2.24) is 5.32 Å². The largest absolute Gasteiger partial charge is 0.480 e. The molecule has 0 saturated heterocycles. The highest BCUT2D eigenvalue weighted by molar-refractivity contribution is 5.83. The Labute approximate surface area is 89.5 Å². The minimum atomic E-state index is -1.22. The number of hydrogen-bond donors (Lipinski definition) is 3. The van der Waals surface area contributed by atoms with E-state index in [0.717, 1.165) is 0 Å². The van der Waals surface area contributed by atoms with E-state index in [2.05, 4.69) is 5.32 Å². The Bertz CT molecular complexity index is 225. The second kappa shape index (κ2) is 6.40. The van der Waals surface area contributed by atoms with Crippen LogP contribution in [0.25, 0.3) is 0 Å². The highest BCUT2D eigenvalue weighted by Gasteiger charge is 2.24. The van der Waals surface area contributed by atoms with Crippen molar-refractivity contribution >= 4 is 11.9 Å². The summed E-state index contributed by atoms with van der Waals surface area (Å²) < 4.78 is 0. The molecule has 88 valence electrons. The average Bonchev–Trinajstić information content (AvgIpc) is 2.09. The minimum Gasteiger partial charge on any atom is -0.480 e. The maximum absolute atomic E-state index is 11.3. The van der Waals surface area contributed by atoms with Gasteiger partial charge in [-0.25, -0.2) is 4.79 Å². The zero-order chi connectivity index (χ0) is 12.0. The number of aliphatic hydroxyl groups is 1. The topological polar surface area (TPSA) is 86.6 Å². The number of aliphatic carboxylic acids is 1. The lowest BCUT2D eigenvalue weighted by atomic mass is 10.1. The number of carboxylic acid groups (broad SMARTS) is 1. The van der Waals surface area contributed by atoms with Gasteiger partial charge in [-0.2, -0.15) is 0 Å². The van der Waals surface area contributed by atoms with E-state index in [9.17, 15) is 9.59 Å². The zero-order valence-corrected chi connectivity index (χ0v) is 9.36. The van der Waals surface area contributed by atoms with Crippen molar-refractivity contribution in [3.05, 3.63) is 0 Å². The Morgan fingerprint density at radius 1 is 1.27 bits per heavy atom. The van der Waals surface area contributed by atoms with E-state index < -0.39 is 18.1 Å². The first-order chi connectivity index (χ1) is 6.84. The van der Waals surface area contributed by atoms with Crippen molar-refractivity contribution in [2.24, 2.45) is 5.92 Å². The van der Waals surface area contributed by atoms with E-state index in [0.29, 0.717) is 12.3 Å². The molecule has 0 rings (SSSR count). The van der Waals surface area contributed by atoms with Crippen molar-refractivity contribution in [2.45, 2.75) is 45.8 Å². The zero-order valence-electron chi connectivity index (χ0n) is 9.36. The minimum absolute atomic E-state index is 0.286. The molecule has 0 aromatic heterocycles. The van der Waals surface area contributed by atoms with Gasteiger partial charge in [0.1, 0.15) is 0 Å². The molecule has 0 saturated carbocycles. The molecule has 0 aliphatic rings. The highest BCUT2D eigenvalue weighted by Crippen LogP contribution is 2.03. The molecule has 0 bridgehead atoms. The van der Waals surface area contributed by atoms with Crippen molar-refractivity contribution in [3.8, 4) is 0 Å². The number of rotatable bonds is 6. The highest BCUT2D eigenvalue weighted by atomic mass is 16.4. The SMILES string of the molecule is CC(C)CCC(=O)N[C@H](C(=O)O)[C@@H](C)O. The molecule has 1 amide bonds. The van der Waals surface area contributed by atoms with Crippen LogP contribution in [-0.4, -0.2) is 34.2 Å². The number of carboxylic acids is 1. The van der Waals surface area contributed by atoms with Gasteiger partial charge >= 0.3 is 5.97 Å². The number of carbonyl (C=O) groups is 2. The summed E-state index contributed by atoms with van der Waals surface area (Å²) in [5, 5.41) is 20.1. The summed E-state index contributed by atoms with van der Waals surface area (Å²) in [7, 11) is 0. The van der Waals surface area contributed by atoms with Gasteiger partial charge in [-0.05, 0) is 19.3 Å². The summed E-state index contributed by atoms with van der Waals surface area (Å²) in [6.07, 6.45) is -0.0999. The molecule has 0 aromatic carbocycles. The first-order valence-electron chi connectivity index (χ1n) is 5.04. The molecule has 15 heavy (non-hydrogen) atoms. The summed E-state index contributed by atoms with van der Waals surface area (Å²) in [6.45, 7) is 5.30. The molecule has 0 heterocycles. The summed E-state index contributed by atoms with van der Waals surface area (Å²) in [6, 6.07) is -1.22. The van der Waals surface area contributed by atoms with E-state index in [4.69, 9.17) is 10.2 Å². The molecule has 2 atom stereocenters. The first kappa shape index (κ1) is 13.9. The fourth-order valence-electron chi connectivity index (χ4n) is 1.05. The van der Waals surface area contributed by atoms with Gasteiger partial charge in [0.05, 0.1) is 6.10 Å². The summed E-state index contributed by atoms with van der Waals surface area (Å²) >= 11 is 0. The number of aliphatic hydroxyl groups excluding tert-OH is 1. The van der Waals surface area contributed by atoms with Crippen LogP contribution < -0.4 is 5.32 Å². The lowest BCUT2D eigenvalue weighted by Gasteiger charge is -2.17. The number of nitrogens with one attached hydrogen (secondary N) is 1. The van der Waals surface area contributed by atoms with Crippen LogP contribution in [-0.2, 0) is 9.59 Å². The molecule has 0 aliphatic heterocycles. The molecule has 0 spiro atoms. The van der Waals surface area contributed by atoms with E-state index in [1.54, 1.807) is 0 Å². The van der Waals surface area contributed by atoms with Crippen molar-refractivity contribution in [1.29, 1.82) is 0 Å². The van der Waals surface area contributed by atoms with Gasteiger partial charge in [0.25, 0.3) is 0 Å². The number of amides is 1. The average molecular weight is 217 g/mol. The quantitative estimate of drug-likeness (QED) is 0.600. The summed E-state index contributed by atoms with van der Waals surface area (Å²) in [5.41, 5.74) is 0. The molecule has 0 radical (unpaired) electrons. The van der Waals surface area contributed by atoms with Gasteiger partial charge in [0, 0.05) is 6.42 Å². The second-order valence-electron chi connectivity index (χ2n) is 4.06. The maximum atomic E-state index is 11.3. The Kier molecular flexibility index (Phi) is 5.93. The number of carbonyl (C=O) groups excluding carboxylic acids is 1. The maximum Gasteiger partial charge on any atom is 0.328 e. The predicted octanol–water partition coefficient (Wildman–Crippen LogP) is 0.373. The summed E-state index contributed by atoms with van der Waals surface area (Å²) in [5.74, 6) is -1.16. The van der Waals surface area contributed by atoms with Crippen LogP contribution in [0.5, 0.6) is 0 Å². The van der Waals surface area contributed by atoms with Gasteiger partial charge in [0.2, 0.25) is 5.91 Å².